The Labute approximate surface area is 659 Å². The number of Topliss-reactive ketones (excluding diaryl/α,β-unsaturated/α-hetero) is 1. The highest BCUT2D eigenvalue weighted by Crippen LogP contribution is 2.25. The summed E-state index contributed by atoms with van der Waals surface area (Å²) >= 11 is 12.3. The summed E-state index contributed by atoms with van der Waals surface area (Å²) in [6, 6.07) is -14.2. The van der Waals surface area contributed by atoms with E-state index in [9.17, 15) is 116 Å². The zero-order chi connectivity index (χ0) is 85.4. The van der Waals surface area contributed by atoms with E-state index >= 15 is 0 Å². The van der Waals surface area contributed by atoms with Crippen molar-refractivity contribution in [2.75, 3.05) is 25.4 Å². The number of nitrogens with two attached hydrogens (primary N) is 3. The van der Waals surface area contributed by atoms with E-state index < -0.39 is 255 Å². The fraction of sp³-hybridized carbons (Fsp3) is 0.457. The summed E-state index contributed by atoms with van der Waals surface area (Å²) in [5, 5.41) is 68.6. The Morgan fingerprint density at radius 2 is 1.15 bits per heavy atom. The van der Waals surface area contributed by atoms with Gasteiger partial charge in [0.25, 0.3) is 0 Å². The summed E-state index contributed by atoms with van der Waals surface area (Å²) in [6.07, 6.45) is -1.21. The molecule has 13 atom stereocenters. The molecule has 14 amide bonds. The quantitative estimate of drug-likeness (QED) is 0.00983. The number of allylic oxidation sites excluding steroid dienone is 3. The normalized spacial score (nSPS) is 21.4. The Kier molecular flexibility index (Phi) is 37.6. The lowest BCUT2D eigenvalue weighted by Crippen LogP contribution is -2.61. The van der Waals surface area contributed by atoms with Crippen molar-refractivity contribution in [1.29, 1.82) is 0 Å². The molecule has 3 aromatic rings. The van der Waals surface area contributed by atoms with Gasteiger partial charge < -0.3 is 116 Å². The Balaban J connectivity index is 1.89. The highest BCUT2D eigenvalue weighted by Gasteiger charge is 2.41. The lowest BCUT2D eigenvalue weighted by atomic mass is 9.96. The molecule has 1 aliphatic heterocycles. The van der Waals surface area contributed by atoms with E-state index in [1.54, 1.807) is 30.4 Å². The van der Waals surface area contributed by atoms with Crippen molar-refractivity contribution in [3.63, 3.8) is 0 Å². The van der Waals surface area contributed by atoms with Crippen LogP contribution in [0, 0.1) is 5.92 Å². The predicted molar refractivity (Wildman–Crippen MR) is 399 cm³/mol. The van der Waals surface area contributed by atoms with Gasteiger partial charge in [-0.3, -0.25) is 91.1 Å². The maximum atomic E-state index is 14.8. The van der Waals surface area contributed by atoms with Gasteiger partial charge >= 0.3 is 29.8 Å². The number of hydrogen-bond donors (Lipinski definition) is 21. The largest absolute Gasteiger partial charge is 0.481 e. The van der Waals surface area contributed by atoms with Crippen LogP contribution < -0.4 is 86.3 Å². The summed E-state index contributed by atoms with van der Waals surface area (Å²) in [4.78, 5) is 275. The number of ether oxygens (including phenoxy) is 1. The molecule has 114 heavy (non-hydrogen) atoms. The van der Waals surface area contributed by atoms with Crippen LogP contribution in [0.3, 0.4) is 0 Å². The molecule has 1 aromatic heterocycles. The molecule has 1 fully saturated rings. The van der Waals surface area contributed by atoms with Crippen molar-refractivity contribution in [1.82, 2.24) is 74.1 Å². The van der Waals surface area contributed by atoms with Gasteiger partial charge in [0.1, 0.15) is 72.6 Å². The number of benzene rings is 2. The number of H-pyrrole nitrogens is 1. The third-order valence-corrected chi connectivity index (χ3v) is 17.3. The number of ketones is 1. The van der Waals surface area contributed by atoms with Crippen LogP contribution in [-0.4, -0.2) is 236 Å². The monoisotopic (exact) mass is 1640 g/mol. The molecule has 42 nitrogen and oxygen atoms in total. The van der Waals surface area contributed by atoms with Crippen molar-refractivity contribution < 1.29 is 121 Å². The molecule has 0 bridgehead atoms. The maximum Gasteiger partial charge on any atom is 0.329 e. The number of unbranched alkanes of at least 4 members (excludes halogenated alkanes) is 1. The minimum absolute atomic E-state index is 0.0125. The summed E-state index contributed by atoms with van der Waals surface area (Å²) in [5.41, 5.74) is 17.7. The average molecular weight is 1640 g/mol. The number of esters is 1. The van der Waals surface area contributed by atoms with Crippen LogP contribution in [-0.2, 0) is 102 Å². The molecule has 0 aliphatic carbocycles. The Morgan fingerprint density at radius 3 is 1.75 bits per heavy atom. The van der Waals surface area contributed by atoms with Gasteiger partial charge in [0, 0.05) is 57.3 Å². The fourth-order valence-electron chi connectivity index (χ4n) is 10.9. The van der Waals surface area contributed by atoms with Gasteiger partial charge in [0.2, 0.25) is 82.7 Å². The van der Waals surface area contributed by atoms with Gasteiger partial charge in [-0.15, -0.1) is 0 Å². The number of nitrogen functional groups attached to an aromatic ring is 1. The maximum absolute atomic E-state index is 14.8. The zero-order valence-electron chi connectivity index (χ0n) is 62.1. The molecule has 24 N–H and O–H groups in total. The van der Waals surface area contributed by atoms with Crippen molar-refractivity contribution in [2.45, 2.75) is 178 Å². The van der Waals surface area contributed by atoms with Gasteiger partial charge in [0.15, 0.2) is 5.78 Å². The molecule has 0 spiro atoms. The van der Waals surface area contributed by atoms with Crippen LogP contribution in [0.25, 0.3) is 10.9 Å². The molecule has 1 saturated heterocycles. The van der Waals surface area contributed by atoms with E-state index in [2.05, 4.69) is 63.5 Å². The summed E-state index contributed by atoms with van der Waals surface area (Å²) < 4.78 is 5.68. The van der Waals surface area contributed by atoms with Gasteiger partial charge in [-0.2, -0.15) is 0 Å². The summed E-state index contributed by atoms with van der Waals surface area (Å²) in [5.74, 6) is -29.7. The summed E-state index contributed by atoms with van der Waals surface area (Å²) in [6.45, 7) is 3.43. The second-order valence-corrected chi connectivity index (χ2v) is 27.0. The number of amides is 14. The highest BCUT2D eigenvalue weighted by atomic mass is 35.5. The van der Waals surface area contributed by atoms with E-state index in [0.29, 0.717) is 27.9 Å². The second-order valence-electron chi connectivity index (χ2n) is 26.2. The number of carbonyl (C=O) groups excluding carboxylic acids is 16. The van der Waals surface area contributed by atoms with Gasteiger partial charge in [-0.05, 0) is 88.4 Å². The van der Waals surface area contributed by atoms with Crippen LogP contribution in [0.1, 0.15) is 115 Å². The minimum Gasteiger partial charge on any atom is -0.481 e. The van der Waals surface area contributed by atoms with Crippen molar-refractivity contribution in [3.05, 3.63) is 88.1 Å². The molecule has 0 saturated carbocycles. The Morgan fingerprint density at radius 1 is 0.596 bits per heavy atom. The number of aromatic amines is 1. The smallest absolute Gasteiger partial charge is 0.329 e. The number of aliphatic carboxylic acids is 4. The Bertz CT molecular complexity index is 4210. The topological polar surface area (TPSA) is 682 Å². The molecule has 2 heterocycles. The molecule has 0 radical (unpaired) electrons. The number of primary amides is 1. The molecule has 1 aliphatic rings. The standard InChI is InChI=1S/C70H91Cl2N17O25/c1-6-7-8-9-10-13-51(92)82-43(20-35-28-76-42-22-37(72)14-16-38(35)42)65(108)84-44(24-50(75)91)66(109)86-47(27-57(101)102)67(110)89-59-34(5)114-70(113)48(23-49(90)39-17-15-36(71)21-40(39)74)87-69(112)58(31(2)19-54(95)96)88-61(104)32(3)79-52(93)29-77-62(105)45(25-55(97)98)83-60(103)33(4)80-64(107)46(26-56(99)100)85-63(106)41(12-11-18-73)81-53(94)30-78-68(59)111/h8-10,13-17,21-22,28,31-34,41,43-48,58-59,76H,6-7,11-12,18-20,23-27,29-30,73-74H2,1-5H3,(H2,75,91)(H,77,105)(H,78,111)(H,79,93)(H,80,107)(H,81,94)(H,82,92)(H,83,103)(H,84,108)(H,85,106)(H,86,109)(H,87,112)(H,88,104)(H,89,110)(H,95,96)(H,97,98)(H,99,100)(H,101,102). The van der Waals surface area contributed by atoms with E-state index in [-0.39, 0.29) is 35.7 Å². The number of aromatic nitrogens is 1. The first-order chi connectivity index (χ1) is 53.6. The lowest BCUT2D eigenvalue weighted by molar-refractivity contribution is -0.156. The van der Waals surface area contributed by atoms with Crippen molar-refractivity contribution >= 4 is 158 Å². The number of carboxylic acids is 4. The van der Waals surface area contributed by atoms with E-state index in [1.807, 2.05) is 17.6 Å². The number of rotatable bonds is 30. The van der Waals surface area contributed by atoms with E-state index in [4.69, 9.17) is 45.1 Å². The molecular formula is C70H91Cl2N17O25. The number of halogens is 2. The number of fused-ring (bicyclic) bond motifs is 1. The molecule has 4 rings (SSSR count). The lowest BCUT2D eigenvalue weighted by Gasteiger charge is -2.30. The minimum atomic E-state index is -2.46. The number of carbonyl (C=O) groups is 20. The van der Waals surface area contributed by atoms with Crippen LogP contribution in [0.2, 0.25) is 10.0 Å². The van der Waals surface area contributed by atoms with Gasteiger partial charge in [-0.25, -0.2) is 4.79 Å². The molecule has 13 unspecified atom stereocenters. The third kappa shape index (κ3) is 31.3. The molecule has 44 heteroatoms. The molecule has 2 aromatic carbocycles. The first-order valence-electron chi connectivity index (χ1n) is 35.2. The number of cyclic esters (lactones) is 1. The van der Waals surface area contributed by atoms with E-state index in [0.717, 1.165) is 52.3 Å². The van der Waals surface area contributed by atoms with Crippen molar-refractivity contribution in [3.8, 4) is 0 Å². The average Bonchev–Trinajstić information content (AvgIpc) is 1.68. The second kappa shape index (κ2) is 45.7. The zero-order valence-corrected chi connectivity index (χ0v) is 63.6. The first-order valence-corrected chi connectivity index (χ1v) is 36.0. The SMILES string of the molecule is CCCC=CC=CC(=O)NC(Cc1c[nH]c2cc(Cl)ccc12)C(=O)NC(CC(N)=O)C(=O)NC(CC(=O)O)C(=O)NC1C(=O)NCC(=O)NC(CCCN)C(=O)NC(CC(=O)O)C(=O)NC(C)C(=O)NC(CC(=O)O)C(=O)NCC(=O)NC(C)C(=O)NC(C(C)CC(=O)O)C(=O)NC(CC(=O)c2ccc(Cl)cc2N)C(=O)OC1C. The van der Waals surface area contributed by atoms with Gasteiger partial charge in [-0.1, -0.05) is 67.8 Å². The molecular weight excluding hydrogens is 1550 g/mol. The van der Waals surface area contributed by atoms with E-state index in [1.165, 1.54) is 18.3 Å². The molecule has 620 valence electrons. The third-order valence-electron chi connectivity index (χ3n) is 16.8. The Hall–Kier alpha value is -12.6. The van der Waals surface area contributed by atoms with Crippen LogP contribution in [0.4, 0.5) is 5.69 Å². The fourth-order valence-corrected chi connectivity index (χ4v) is 11.3. The van der Waals surface area contributed by atoms with Gasteiger partial charge in [0.05, 0.1) is 45.2 Å². The van der Waals surface area contributed by atoms with Crippen LogP contribution >= 0.6 is 23.2 Å². The number of carboxylic acid groups (broad SMARTS) is 4. The number of hydrogen-bond acceptors (Lipinski definition) is 23. The predicted octanol–water partition coefficient (Wildman–Crippen LogP) is -4.52. The first kappa shape index (κ1) is 93.8. The van der Waals surface area contributed by atoms with Crippen LogP contribution in [0.15, 0.2) is 66.9 Å². The van der Waals surface area contributed by atoms with Crippen molar-refractivity contribution in [2.24, 2.45) is 17.4 Å². The summed E-state index contributed by atoms with van der Waals surface area (Å²) in [7, 11) is 0. The highest BCUT2D eigenvalue weighted by molar-refractivity contribution is 6.31. The van der Waals surface area contributed by atoms with Crippen LogP contribution in [0.5, 0.6) is 0 Å². The number of anilines is 1. The number of nitrogens with one attached hydrogen (secondary N) is 14.